The lowest BCUT2D eigenvalue weighted by molar-refractivity contribution is -0.134. The smallest absolute Gasteiger partial charge is 0.164 e. The minimum atomic E-state index is -1.48. The van der Waals surface area contributed by atoms with E-state index in [2.05, 4.69) is 27.7 Å². The van der Waals surface area contributed by atoms with Gasteiger partial charge in [-0.05, 0) is 38.0 Å². The van der Waals surface area contributed by atoms with Gasteiger partial charge in [-0.25, -0.2) is 0 Å². The van der Waals surface area contributed by atoms with E-state index in [9.17, 15) is 15.0 Å². The summed E-state index contributed by atoms with van der Waals surface area (Å²) in [6, 6.07) is 0. The van der Waals surface area contributed by atoms with Crippen molar-refractivity contribution in [2.45, 2.75) is 91.3 Å². The molecule has 24 heavy (non-hydrogen) atoms. The highest BCUT2D eigenvalue weighted by molar-refractivity contribution is 5.83. The van der Waals surface area contributed by atoms with Gasteiger partial charge in [-0.1, -0.05) is 58.1 Å². The minimum Gasteiger partial charge on any atom is -0.394 e. The molecule has 4 nitrogen and oxygen atoms in total. The Kier molecular flexibility index (Phi) is 13.2. The molecule has 0 aliphatic rings. The van der Waals surface area contributed by atoms with Crippen LogP contribution in [0.1, 0.15) is 79.1 Å². The zero-order valence-corrected chi connectivity index (χ0v) is 16.0. The molecule has 0 spiro atoms. The lowest BCUT2D eigenvalue weighted by atomic mass is 9.94. The van der Waals surface area contributed by atoms with Crippen LogP contribution in [0.2, 0.25) is 0 Å². The van der Waals surface area contributed by atoms with Crippen molar-refractivity contribution in [1.82, 2.24) is 0 Å². The Balaban J connectivity index is 3.85. The van der Waals surface area contributed by atoms with Crippen molar-refractivity contribution in [3.05, 3.63) is 11.6 Å². The number of hydrogen-bond donors (Lipinski definition) is 3. The molecule has 4 heteroatoms. The van der Waals surface area contributed by atoms with Crippen LogP contribution in [0.3, 0.4) is 0 Å². The van der Waals surface area contributed by atoms with Gasteiger partial charge in [-0.15, -0.1) is 0 Å². The Bertz CT molecular complexity index is 363. The molecule has 0 heterocycles. The highest BCUT2D eigenvalue weighted by Crippen LogP contribution is 2.19. The third kappa shape index (κ3) is 11.8. The first kappa shape index (κ1) is 23.3. The normalized spacial score (nSPS) is 16.2. The van der Waals surface area contributed by atoms with E-state index < -0.39 is 24.6 Å². The number of allylic oxidation sites excluding steroid dienone is 2. The number of hydrogen-bond acceptors (Lipinski definition) is 4. The number of aliphatic hydroxyl groups excluding tert-OH is 3. The molecule has 0 fully saturated rings. The number of carbonyl (C=O) groups is 1. The van der Waals surface area contributed by atoms with E-state index in [4.69, 9.17) is 5.11 Å². The van der Waals surface area contributed by atoms with Crippen LogP contribution in [0.25, 0.3) is 0 Å². The largest absolute Gasteiger partial charge is 0.394 e. The van der Waals surface area contributed by atoms with Gasteiger partial charge in [0.1, 0.15) is 12.2 Å². The third-order valence-electron chi connectivity index (χ3n) is 4.51. The van der Waals surface area contributed by atoms with E-state index >= 15 is 0 Å². The first-order valence-corrected chi connectivity index (χ1v) is 9.43. The number of rotatable bonds is 14. The van der Waals surface area contributed by atoms with Crippen LogP contribution in [0.5, 0.6) is 0 Å². The van der Waals surface area contributed by atoms with Crippen molar-refractivity contribution in [3.8, 4) is 0 Å². The molecule has 0 aliphatic heterocycles. The quantitative estimate of drug-likeness (QED) is 0.421. The Morgan fingerprint density at radius 2 is 1.62 bits per heavy atom. The number of Topliss-reactive ketones (excluding diaryl/α,β-unsaturated/α-hetero) is 1. The SMILES string of the molecule is CC(=CCCC(=O)C(O)C(O)CO)CCCC(C)CCCC(C)C. The van der Waals surface area contributed by atoms with Gasteiger partial charge >= 0.3 is 0 Å². The summed E-state index contributed by atoms with van der Waals surface area (Å²) >= 11 is 0. The number of aliphatic hydroxyl groups is 3. The van der Waals surface area contributed by atoms with Crippen LogP contribution in [-0.4, -0.2) is 39.9 Å². The van der Waals surface area contributed by atoms with Gasteiger partial charge in [-0.3, -0.25) is 4.79 Å². The van der Waals surface area contributed by atoms with Crippen LogP contribution < -0.4 is 0 Å². The summed E-state index contributed by atoms with van der Waals surface area (Å²) in [6.45, 7) is 8.34. The van der Waals surface area contributed by atoms with Crippen LogP contribution in [0.4, 0.5) is 0 Å². The lowest BCUT2D eigenvalue weighted by Crippen LogP contribution is -2.36. The Morgan fingerprint density at radius 3 is 2.21 bits per heavy atom. The van der Waals surface area contributed by atoms with Gasteiger partial charge in [0.2, 0.25) is 0 Å². The topological polar surface area (TPSA) is 77.8 Å². The highest BCUT2D eigenvalue weighted by atomic mass is 16.4. The van der Waals surface area contributed by atoms with Gasteiger partial charge in [-0.2, -0.15) is 0 Å². The molecule has 0 saturated heterocycles. The zero-order chi connectivity index (χ0) is 18.5. The molecule has 0 rings (SSSR count). The van der Waals surface area contributed by atoms with Gasteiger partial charge in [0, 0.05) is 6.42 Å². The molecule has 3 N–H and O–H groups in total. The van der Waals surface area contributed by atoms with E-state index in [0.717, 1.165) is 18.3 Å². The molecule has 0 radical (unpaired) electrons. The van der Waals surface area contributed by atoms with Crippen molar-refractivity contribution >= 4 is 5.78 Å². The van der Waals surface area contributed by atoms with Gasteiger partial charge in [0.15, 0.2) is 5.78 Å². The van der Waals surface area contributed by atoms with Crippen molar-refractivity contribution < 1.29 is 20.1 Å². The molecule has 142 valence electrons. The molecule has 3 atom stereocenters. The van der Waals surface area contributed by atoms with E-state index in [1.54, 1.807) is 0 Å². The second kappa shape index (κ2) is 13.6. The van der Waals surface area contributed by atoms with E-state index in [1.807, 2.05) is 6.08 Å². The Morgan fingerprint density at radius 1 is 1.00 bits per heavy atom. The standard InChI is InChI=1S/C20H38O4/c1-15(2)8-5-9-16(3)10-6-11-17(4)12-7-13-18(22)20(24)19(23)14-21/h12,15-16,19-21,23-24H,5-11,13-14H2,1-4H3. The molecular weight excluding hydrogens is 304 g/mol. The fraction of sp³-hybridized carbons (Fsp3) is 0.850. The fourth-order valence-corrected chi connectivity index (χ4v) is 2.77. The molecule has 0 amide bonds. The van der Waals surface area contributed by atoms with Gasteiger partial charge in [0.25, 0.3) is 0 Å². The Hall–Kier alpha value is -0.710. The summed E-state index contributed by atoms with van der Waals surface area (Å²) in [5.74, 6) is 1.15. The third-order valence-corrected chi connectivity index (χ3v) is 4.51. The summed E-state index contributed by atoms with van der Waals surface area (Å²) in [7, 11) is 0. The van der Waals surface area contributed by atoms with E-state index in [1.165, 1.54) is 37.7 Å². The average molecular weight is 343 g/mol. The molecule has 0 aromatic rings. The van der Waals surface area contributed by atoms with Crippen LogP contribution in [0, 0.1) is 11.8 Å². The molecule has 0 saturated carbocycles. The Labute approximate surface area is 148 Å². The summed E-state index contributed by atoms with van der Waals surface area (Å²) in [5, 5.41) is 27.4. The summed E-state index contributed by atoms with van der Waals surface area (Å²) < 4.78 is 0. The molecular formula is C20H38O4. The van der Waals surface area contributed by atoms with Gasteiger partial charge in [0.05, 0.1) is 6.61 Å². The van der Waals surface area contributed by atoms with Crippen LogP contribution >= 0.6 is 0 Å². The fourth-order valence-electron chi connectivity index (χ4n) is 2.77. The summed E-state index contributed by atoms with van der Waals surface area (Å²) in [5.41, 5.74) is 1.27. The van der Waals surface area contributed by atoms with Crippen LogP contribution in [-0.2, 0) is 4.79 Å². The predicted octanol–water partition coefficient (Wildman–Crippen LogP) is 3.63. The zero-order valence-electron chi connectivity index (χ0n) is 16.0. The maximum atomic E-state index is 11.6. The summed E-state index contributed by atoms with van der Waals surface area (Å²) in [6.07, 6.45) is 7.35. The maximum Gasteiger partial charge on any atom is 0.164 e. The molecule has 0 bridgehead atoms. The molecule has 0 aromatic carbocycles. The summed E-state index contributed by atoms with van der Waals surface area (Å²) in [4.78, 5) is 11.6. The number of ketones is 1. The average Bonchev–Trinajstić information content (AvgIpc) is 2.52. The first-order valence-electron chi connectivity index (χ1n) is 9.43. The van der Waals surface area contributed by atoms with E-state index in [-0.39, 0.29) is 6.42 Å². The minimum absolute atomic E-state index is 0.196. The van der Waals surface area contributed by atoms with Crippen LogP contribution in [0.15, 0.2) is 11.6 Å². The maximum absolute atomic E-state index is 11.6. The first-order chi connectivity index (χ1) is 11.3. The number of carbonyl (C=O) groups excluding carboxylic acids is 1. The van der Waals surface area contributed by atoms with Crippen molar-refractivity contribution in [1.29, 1.82) is 0 Å². The van der Waals surface area contributed by atoms with Crippen molar-refractivity contribution in [2.24, 2.45) is 11.8 Å². The second-order valence-electron chi connectivity index (χ2n) is 7.57. The van der Waals surface area contributed by atoms with E-state index in [0.29, 0.717) is 6.42 Å². The lowest BCUT2D eigenvalue weighted by Gasteiger charge is -2.13. The van der Waals surface area contributed by atoms with Crippen molar-refractivity contribution in [2.75, 3.05) is 6.61 Å². The second-order valence-corrected chi connectivity index (χ2v) is 7.57. The monoisotopic (exact) mass is 342 g/mol. The molecule has 0 aromatic heterocycles. The molecule has 3 unspecified atom stereocenters. The molecule has 0 aliphatic carbocycles. The van der Waals surface area contributed by atoms with Gasteiger partial charge < -0.3 is 15.3 Å². The van der Waals surface area contributed by atoms with Crippen molar-refractivity contribution in [3.63, 3.8) is 0 Å². The highest BCUT2D eigenvalue weighted by Gasteiger charge is 2.22. The predicted molar refractivity (Wildman–Crippen MR) is 98.8 cm³/mol.